The molecular weight excluding hydrogens is 480 g/mol. The highest BCUT2D eigenvalue weighted by Crippen LogP contribution is 2.58. The second-order valence-corrected chi connectivity index (χ2v) is 10.2. The molecule has 38 heavy (non-hydrogen) atoms. The van der Waals surface area contributed by atoms with Crippen molar-refractivity contribution in [1.82, 2.24) is 0 Å². The van der Waals surface area contributed by atoms with Gasteiger partial charge in [0.2, 0.25) is 0 Å². The number of hydrogen-bond donors (Lipinski definition) is 0. The molecule has 0 spiro atoms. The number of hydrogen-bond acceptors (Lipinski definition) is 0. The van der Waals surface area contributed by atoms with Crippen molar-refractivity contribution in [2.45, 2.75) is 5.41 Å². The van der Waals surface area contributed by atoms with E-state index in [1.165, 1.54) is 55.6 Å². The lowest BCUT2D eigenvalue weighted by atomic mass is 9.67. The van der Waals surface area contributed by atoms with Crippen LogP contribution in [0.1, 0.15) is 22.3 Å². The van der Waals surface area contributed by atoms with Gasteiger partial charge in [-0.15, -0.1) is 0 Å². The lowest BCUT2D eigenvalue weighted by Crippen LogP contribution is -2.28. The Kier molecular flexibility index (Phi) is 5.50. The van der Waals surface area contributed by atoms with Gasteiger partial charge in [0.15, 0.2) is 0 Å². The Morgan fingerprint density at radius 2 is 0.947 bits per heavy atom. The molecule has 0 saturated heterocycles. The summed E-state index contributed by atoms with van der Waals surface area (Å²) in [5, 5.41) is 0.745. The average molecular weight is 505 g/mol. The highest BCUT2D eigenvalue weighted by atomic mass is 35.5. The van der Waals surface area contributed by atoms with Gasteiger partial charge >= 0.3 is 0 Å². The van der Waals surface area contributed by atoms with Crippen LogP contribution < -0.4 is 0 Å². The van der Waals surface area contributed by atoms with Crippen molar-refractivity contribution in [2.75, 3.05) is 0 Å². The van der Waals surface area contributed by atoms with Crippen molar-refractivity contribution in [3.05, 3.63) is 179 Å². The second kappa shape index (κ2) is 9.17. The normalized spacial score (nSPS) is 15.6. The number of halogens is 1. The molecule has 0 aliphatic heterocycles. The van der Waals surface area contributed by atoms with E-state index in [2.05, 4.69) is 146 Å². The molecule has 0 heterocycles. The first kappa shape index (κ1) is 22.8. The first-order chi connectivity index (χ1) is 18.8. The molecule has 0 fully saturated rings. The molecule has 0 bridgehead atoms. The minimum atomic E-state index is -0.476. The molecule has 0 nitrogen and oxygen atoms in total. The maximum absolute atomic E-state index is 6.64. The van der Waals surface area contributed by atoms with Crippen LogP contribution in [-0.2, 0) is 5.41 Å². The second-order valence-electron chi connectivity index (χ2n) is 9.81. The van der Waals surface area contributed by atoms with Crippen LogP contribution in [0.3, 0.4) is 0 Å². The van der Waals surface area contributed by atoms with E-state index in [9.17, 15) is 0 Å². The van der Waals surface area contributed by atoms with E-state index in [0.717, 1.165) is 5.02 Å². The van der Waals surface area contributed by atoms with E-state index >= 15 is 0 Å². The summed E-state index contributed by atoms with van der Waals surface area (Å²) in [5.41, 5.74) is 12.0. The fourth-order valence-electron chi connectivity index (χ4n) is 6.34. The monoisotopic (exact) mass is 504 g/mol. The summed E-state index contributed by atoms with van der Waals surface area (Å²) in [6, 6.07) is 54.3. The van der Waals surface area contributed by atoms with E-state index in [1.807, 2.05) is 6.07 Å². The molecule has 6 aromatic rings. The Bertz CT molecular complexity index is 1770. The molecular formula is C37H25Cl. The quantitative estimate of drug-likeness (QED) is 0.223. The summed E-state index contributed by atoms with van der Waals surface area (Å²) in [6.45, 7) is 0. The van der Waals surface area contributed by atoms with Crippen molar-refractivity contribution >= 4 is 11.6 Å². The maximum Gasteiger partial charge on any atom is 0.0714 e. The zero-order valence-corrected chi connectivity index (χ0v) is 21.6. The van der Waals surface area contributed by atoms with Crippen LogP contribution in [0.2, 0.25) is 5.02 Å². The Morgan fingerprint density at radius 3 is 1.71 bits per heavy atom. The summed E-state index contributed by atoms with van der Waals surface area (Å²) in [7, 11) is 0. The van der Waals surface area contributed by atoms with Gasteiger partial charge in [-0.25, -0.2) is 0 Å². The number of benzene rings is 6. The Balaban J connectivity index is 1.61. The fourth-order valence-corrected chi connectivity index (χ4v) is 6.53. The van der Waals surface area contributed by atoms with Gasteiger partial charge in [0.1, 0.15) is 0 Å². The molecule has 6 aromatic carbocycles. The van der Waals surface area contributed by atoms with Gasteiger partial charge in [0.25, 0.3) is 0 Å². The van der Waals surface area contributed by atoms with Gasteiger partial charge in [-0.1, -0.05) is 151 Å². The van der Waals surface area contributed by atoms with Crippen molar-refractivity contribution < 1.29 is 0 Å². The Hall–Kier alpha value is -4.39. The van der Waals surface area contributed by atoms with Gasteiger partial charge in [-0.05, 0) is 67.8 Å². The van der Waals surface area contributed by atoms with Crippen LogP contribution in [0.15, 0.2) is 152 Å². The molecule has 0 radical (unpaired) electrons. The zero-order valence-electron chi connectivity index (χ0n) is 20.8. The first-order valence-corrected chi connectivity index (χ1v) is 13.4. The number of fused-ring (bicyclic) bond motifs is 3. The molecule has 1 unspecified atom stereocenters. The van der Waals surface area contributed by atoms with Gasteiger partial charge in [0.05, 0.1) is 5.41 Å². The molecule has 1 aliphatic rings. The lowest BCUT2D eigenvalue weighted by Gasteiger charge is -2.34. The predicted octanol–water partition coefficient (Wildman–Crippen LogP) is 10.0. The summed E-state index contributed by atoms with van der Waals surface area (Å²) in [5.74, 6) is 0. The molecule has 180 valence electrons. The third-order valence-corrected chi connectivity index (χ3v) is 8.07. The zero-order chi connectivity index (χ0) is 25.5. The maximum atomic E-state index is 6.64. The topological polar surface area (TPSA) is 0 Å². The molecule has 1 atom stereocenters. The molecule has 0 saturated carbocycles. The molecule has 7 rings (SSSR count). The van der Waals surface area contributed by atoms with E-state index < -0.39 is 5.41 Å². The highest BCUT2D eigenvalue weighted by Gasteiger charge is 2.46. The largest absolute Gasteiger partial charge is 0.0843 e. The van der Waals surface area contributed by atoms with Crippen molar-refractivity contribution in [3.63, 3.8) is 0 Å². The van der Waals surface area contributed by atoms with Crippen molar-refractivity contribution in [3.8, 4) is 33.4 Å². The molecule has 0 amide bonds. The van der Waals surface area contributed by atoms with E-state index in [1.54, 1.807) is 0 Å². The highest BCUT2D eigenvalue weighted by molar-refractivity contribution is 6.30. The van der Waals surface area contributed by atoms with E-state index in [-0.39, 0.29) is 0 Å². The Labute approximate surface area is 228 Å². The summed E-state index contributed by atoms with van der Waals surface area (Å²) >= 11 is 6.64. The summed E-state index contributed by atoms with van der Waals surface area (Å²) < 4.78 is 0. The smallest absolute Gasteiger partial charge is 0.0714 e. The SMILES string of the molecule is Clc1cccc(C2(c3ccccc3)c3ccccc3-c3c(-c4ccccc4-c4ccccc4)cccc32)c1. The van der Waals surface area contributed by atoms with Crippen LogP contribution in [0.4, 0.5) is 0 Å². The molecule has 0 aromatic heterocycles. The standard InChI is InChI=1S/C37H25Cl/c38-29-18-11-17-28(25-29)37(27-15-5-2-6-16-27)34-23-10-9-21-33(34)36-32(22-12-24-35(36)37)31-20-8-7-19-30(31)26-13-3-1-4-14-26/h1-25H. The third kappa shape index (κ3) is 3.38. The van der Waals surface area contributed by atoms with Crippen LogP contribution in [-0.4, -0.2) is 0 Å². The summed E-state index contributed by atoms with van der Waals surface area (Å²) in [6.07, 6.45) is 0. The number of rotatable bonds is 4. The first-order valence-electron chi connectivity index (χ1n) is 13.0. The van der Waals surface area contributed by atoms with Gasteiger partial charge in [-0.3, -0.25) is 0 Å². The lowest BCUT2D eigenvalue weighted by molar-refractivity contribution is 0.768. The molecule has 1 aliphatic carbocycles. The average Bonchev–Trinajstić information content (AvgIpc) is 3.29. The van der Waals surface area contributed by atoms with Crippen LogP contribution in [0.5, 0.6) is 0 Å². The molecule has 1 heteroatoms. The minimum absolute atomic E-state index is 0.476. The third-order valence-electron chi connectivity index (χ3n) is 7.84. The fraction of sp³-hybridized carbons (Fsp3) is 0.0270. The minimum Gasteiger partial charge on any atom is -0.0843 e. The predicted molar refractivity (Wildman–Crippen MR) is 160 cm³/mol. The van der Waals surface area contributed by atoms with Crippen LogP contribution in [0.25, 0.3) is 33.4 Å². The van der Waals surface area contributed by atoms with Crippen molar-refractivity contribution in [1.29, 1.82) is 0 Å². The Morgan fingerprint density at radius 1 is 0.395 bits per heavy atom. The van der Waals surface area contributed by atoms with Crippen LogP contribution >= 0.6 is 11.6 Å². The van der Waals surface area contributed by atoms with Crippen LogP contribution in [0, 0.1) is 0 Å². The van der Waals surface area contributed by atoms with Gasteiger partial charge in [-0.2, -0.15) is 0 Å². The van der Waals surface area contributed by atoms with E-state index in [0.29, 0.717) is 0 Å². The van der Waals surface area contributed by atoms with Gasteiger partial charge < -0.3 is 0 Å². The summed E-state index contributed by atoms with van der Waals surface area (Å²) in [4.78, 5) is 0. The van der Waals surface area contributed by atoms with Gasteiger partial charge in [0, 0.05) is 5.02 Å². The van der Waals surface area contributed by atoms with E-state index in [4.69, 9.17) is 11.6 Å². The molecule has 0 N–H and O–H groups in total. The van der Waals surface area contributed by atoms with Crippen molar-refractivity contribution in [2.24, 2.45) is 0 Å².